The molecule has 112 valence electrons. The van der Waals surface area contributed by atoms with Gasteiger partial charge < -0.3 is 10.2 Å². The van der Waals surface area contributed by atoms with Crippen LogP contribution in [0.25, 0.3) is 0 Å². The highest BCUT2D eigenvalue weighted by Crippen LogP contribution is 2.59. The van der Waals surface area contributed by atoms with Crippen molar-refractivity contribution >= 4 is 45.6 Å². The summed E-state index contributed by atoms with van der Waals surface area (Å²) in [6.45, 7) is 2.89. The Morgan fingerprint density at radius 2 is 2.20 bits per heavy atom. The van der Waals surface area contributed by atoms with Crippen LogP contribution in [-0.2, 0) is 11.3 Å². The van der Waals surface area contributed by atoms with Gasteiger partial charge in [0.15, 0.2) is 0 Å². The van der Waals surface area contributed by atoms with Crippen molar-refractivity contribution in [1.29, 1.82) is 0 Å². The van der Waals surface area contributed by atoms with Gasteiger partial charge in [-0.2, -0.15) is 0 Å². The third-order valence-corrected chi connectivity index (χ3v) is 6.09. The number of halogens is 2. The number of hydrogen-bond donors (Lipinski definition) is 1. The predicted octanol–water partition coefficient (Wildman–Crippen LogP) is 3.28. The van der Waals surface area contributed by atoms with Crippen LogP contribution in [0.3, 0.4) is 0 Å². The number of carbonyl (C=O) groups excluding carboxylic acids is 1. The Labute approximate surface area is 138 Å². The maximum atomic E-state index is 12.5. The first kappa shape index (κ1) is 16.3. The second kappa shape index (κ2) is 6.34. The molecule has 1 atom stereocenters. The van der Waals surface area contributed by atoms with E-state index in [-0.39, 0.29) is 18.3 Å². The lowest BCUT2D eigenvalue weighted by atomic mass is 9.91. The molecule has 1 unspecified atom stereocenters. The van der Waals surface area contributed by atoms with E-state index in [2.05, 4.69) is 27.3 Å². The molecular weight excluding hydrogens is 360 g/mol. The molecule has 3 nitrogen and oxygen atoms in total. The van der Waals surface area contributed by atoms with Crippen LogP contribution in [-0.4, -0.2) is 30.9 Å². The summed E-state index contributed by atoms with van der Waals surface area (Å²) in [6.07, 6.45) is 3.44. The van der Waals surface area contributed by atoms with Crippen LogP contribution in [0.1, 0.15) is 24.1 Å². The SMILES string of the molecule is CN(Cc1ccc(Br)s1)C(=O)C1CC12CCNCC2.Cl. The van der Waals surface area contributed by atoms with Crippen molar-refractivity contribution < 1.29 is 4.79 Å². The monoisotopic (exact) mass is 378 g/mol. The molecule has 0 aromatic carbocycles. The van der Waals surface area contributed by atoms with Crippen molar-refractivity contribution in [3.63, 3.8) is 0 Å². The van der Waals surface area contributed by atoms with Gasteiger partial charge in [-0.05, 0) is 65.8 Å². The van der Waals surface area contributed by atoms with Crippen LogP contribution in [0.15, 0.2) is 15.9 Å². The van der Waals surface area contributed by atoms with Gasteiger partial charge in [0.05, 0.1) is 10.3 Å². The van der Waals surface area contributed by atoms with Gasteiger partial charge in [0.25, 0.3) is 0 Å². The summed E-state index contributed by atoms with van der Waals surface area (Å²) in [4.78, 5) is 15.6. The maximum Gasteiger partial charge on any atom is 0.226 e. The van der Waals surface area contributed by atoms with Crippen LogP contribution in [0.4, 0.5) is 0 Å². The van der Waals surface area contributed by atoms with Crippen LogP contribution >= 0.6 is 39.7 Å². The summed E-state index contributed by atoms with van der Waals surface area (Å²) in [5.41, 5.74) is 0.340. The van der Waals surface area contributed by atoms with Crippen molar-refractivity contribution in [3.05, 3.63) is 20.8 Å². The van der Waals surface area contributed by atoms with Crippen LogP contribution in [0, 0.1) is 11.3 Å². The van der Waals surface area contributed by atoms with Gasteiger partial charge in [-0.25, -0.2) is 0 Å². The number of carbonyl (C=O) groups is 1. The average molecular weight is 380 g/mol. The molecular formula is C14H20BrClN2OS. The average Bonchev–Trinajstić information content (AvgIpc) is 2.92. The maximum absolute atomic E-state index is 12.5. The molecule has 1 amide bonds. The number of rotatable bonds is 3. The lowest BCUT2D eigenvalue weighted by Gasteiger charge is -2.25. The lowest BCUT2D eigenvalue weighted by molar-refractivity contribution is -0.132. The molecule has 0 bridgehead atoms. The number of nitrogens with one attached hydrogen (secondary N) is 1. The fraction of sp³-hybridized carbons (Fsp3) is 0.643. The highest BCUT2D eigenvalue weighted by molar-refractivity contribution is 9.11. The normalized spacial score (nSPS) is 23.2. The number of nitrogens with zero attached hydrogens (tertiary/aromatic N) is 1. The Hall–Kier alpha value is -0.100. The molecule has 0 radical (unpaired) electrons. The molecule has 20 heavy (non-hydrogen) atoms. The molecule has 3 rings (SSSR count). The Bertz CT molecular complexity index is 487. The summed E-state index contributed by atoms with van der Waals surface area (Å²) in [7, 11) is 1.93. The second-order valence-electron chi connectivity index (χ2n) is 5.77. The summed E-state index contributed by atoms with van der Waals surface area (Å²) >= 11 is 5.17. The fourth-order valence-corrected chi connectivity index (χ4v) is 4.73. The minimum atomic E-state index is 0. The number of thiophene rings is 1. The molecule has 2 aliphatic rings. The van der Waals surface area contributed by atoms with Crippen molar-refractivity contribution in [3.8, 4) is 0 Å². The molecule has 1 aliphatic carbocycles. The van der Waals surface area contributed by atoms with Crippen molar-refractivity contribution in [1.82, 2.24) is 10.2 Å². The molecule has 1 spiro atoms. The van der Waals surface area contributed by atoms with Gasteiger partial charge in [0, 0.05) is 17.8 Å². The first-order valence-corrected chi connectivity index (χ1v) is 8.42. The second-order valence-corrected chi connectivity index (χ2v) is 8.32. The number of hydrogen-bond acceptors (Lipinski definition) is 3. The van der Waals surface area contributed by atoms with Crippen molar-refractivity contribution in [2.75, 3.05) is 20.1 Å². The Morgan fingerprint density at radius 3 is 2.80 bits per heavy atom. The Kier molecular flexibility index (Phi) is 5.16. The molecule has 6 heteroatoms. The smallest absolute Gasteiger partial charge is 0.226 e. The third kappa shape index (κ3) is 3.21. The minimum Gasteiger partial charge on any atom is -0.340 e. The summed E-state index contributed by atoms with van der Waals surface area (Å²) in [6, 6.07) is 4.13. The Balaban J connectivity index is 0.00000147. The highest BCUT2D eigenvalue weighted by atomic mass is 79.9. The molecule has 1 N–H and O–H groups in total. The summed E-state index contributed by atoms with van der Waals surface area (Å²) in [5, 5.41) is 3.38. The molecule has 1 aliphatic heterocycles. The lowest BCUT2D eigenvalue weighted by Crippen LogP contribution is -2.34. The molecule has 1 saturated heterocycles. The van der Waals surface area contributed by atoms with E-state index >= 15 is 0 Å². The van der Waals surface area contributed by atoms with E-state index in [4.69, 9.17) is 0 Å². The van der Waals surface area contributed by atoms with Gasteiger partial charge in [-0.3, -0.25) is 4.79 Å². The zero-order valence-corrected chi connectivity index (χ0v) is 14.7. The fourth-order valence-electron chi connectivity index (χ4n) is 3.19. The number of amides is 1. The van der Waals surface area contributed by atoms with Crippen LogP contribution in [0.2, 0.25) is 0 Å². The molecule has 1 saturated carbocycles. The largest absolute Gasteiger partial charge is 0.340 e. The number of piperidine rings is 1. The van der Waals surface area contributed by atoms with Crippen LogP contribution in [0.5, 0.6) is 0 Å². The van der Waals surface area contributed by atoms with E-state index in [1.807, 2.05) is 18.0 Å². The van der Waals surface area contributed by atoms with E-state index in [1.165, 1.54) is 17.7 Å². The Morgan fingerprint density at radius 1 is 1.50 bits per heavy atom. The van der Waals surface area contributed by atoms with Gasteiger partial charge in [0.2, 0.25) is 5.91 Å². The van der Waals surface area contributed by atoms with E-state index in [9.17, 15) is 4.79 Å². The molecule has 2 heterocycles. The zero-order chi connectivity index (χ0) is 13.5. The van der Waals surface area contributed by atoms with E-state index in [0.717, 1.165) is 29.8 Å². The van der Waals surface area contributed by atoms with E-state index in [0.29, 0.717) is 11.3 Å². The first-order chi connectivity index (χ1) is 9.11. The summed E-state index contributed by atoms with van der Waals surface area (Å²) < 4.78 is 1.13. The van der Waals surface area contributed by atoms with E-state index < -0.39 is 0 Å². The van der Waals surface area contributed by atoms with Crippen molar-refractivity contribution in [2.45, 2.75) is 25.8 Å². The summed E-state index contributed by atoms with van der Waals surface area (Å²) in [5.74, 6) is 0.620. The predicted molar refractivity (Wildman–Crippen MR) is 88.4 cm³/mol. The zero-order valence-electron chi connectivity index (χ0n) is 11.5. The van der Waals surface area contributed by atoms with Crippen molar-refractivity contribution in [2.24, 2.45) is 11.3 Å². The first-order valence-electron chi connectivity index (χ1n) is 6.81. The topological polar surface area (TPSA) is 32.3 Å². The third-order valence-electron chi connectivity index (χ3n) is 4.49. The van der Waals surface area contributed by atoms with Gasteiger partial charge in [-0.1, -0.05) is 0 Å². The standard InChI is InChI=1S/C14H19BrN2OS.ClH/c1-17(9-10-2-3-12(15)19-10)13(18)11-8-14(11)4-6-16-7-5-14;/h2-3,11,16H,4-9H2,1H3;1H. The molecule has 1 aromatic heterocycles. The highest BCUT2D eigenvalue weighted by Gasteiger charge is 2.58. The van der Waals surface area contributed by atoms with Gasteiger partial charge >= 0.3 is 0 Å². The quantitative estimate of drug-likeness (QED) is 0.874. The van der Waals surface area contributed by atoms with Gasteiger partial charge in [0.1, 0.15) is 0 Å². The molecule has 1 aromatic rings. The van der Waals surface area contributed by atoms with Gasteiger partial charge in [-0.15, -0.1) is 23.7 Å². The minimum absolute atomic E-state index is 0. The molecule has 2 fully saturated rings. The van der Waals surface area contributed by atoms with E-state index in [1.54, 1.807) is 11.3 Å². The van der Waals surface area contributed by atoms with Crippen LogP contribution < -0.4 is 5.32 Å².